The van der Waals surface area contributed by atoms with Gasteiger partial charge in [-0.15, -0.1) is 0 Å². The Labute approximate surface area is 214 Å². The van der Waals surface area contributed by atoms with Crippen LogP contribution >= 0.6 is 11.6 Å². The van der Waals surface area contributed by atoms with Gasteiger partial charge in [0, 0.05) is 17.6 Å². The minimum Gasteiger partial charge on any atom is -0.352 e. The lowest BCUT2D eigenvalue weighted by Crippen LogP contribution is -2.53. The SMILES string of the molecule is CC[C@@H](C)NC(=O)[C@H](CC)N(Cc1ccccc1C)C(=O)CN(c1ccc(C)c(Cl)c1)S(C)(=O)=O. The fourth-order valence-electron chi connectivity index (χ4n) is 3.68. The summed E-state index contributed by atoms with van der Waals surface area (Å²) in [6.07, 6.45) is 2.19. The molecule has 7 nitrogen and oxygen atoms in total. The van der Waals surface area contributed by atoms with Gasteiger partial charge in [-0.1, -0.05) is 55.8 Å². The topological polar surface area (TPSA) is 86.8 Å². The van der Waals surface area contributed by atoms with E-state index in [0.29, 0.717) is 17.1 Å². The van der Waals surface area contributed by atoms with Crippen LogP contribution in [0, 0.1) is 13.8 Å². The summed E-state index contributed by atoms with van der Waals surface area (Å²) in [5, 5.41) is 3.37. The monoisotopic (exact) mass is 521 g/mol. The highest BCUT2D eigenvalue weighted by Crippen LogP contribution is 2.25. The van der Waals surface area contributed by atoms with Crippen molar-refractivity contribution in [1.82, 2.24) is 10.2 Å². The summed E-state index contributed by atoms with van der Waals surface area (Å²) in [5.74, 6) is -0.727. The van der Waals surface area contributed by atoms with E-state index in [4.69, 9.17) is 11.6 Å². The van der Waals surface area contributed by atoms with E-state index in [9.17, 15) is 18.0 Å². The molecule has 35 heavy (non-hydrogen) atoms. The Morgan fingerprint density at radius 2 is 1.69 bits per heavy atom. The Balaban J connectivity index is 2.47. The Bertz CT molecular complexity index is 1150. The predicted octanol–water partition coefficient (Wildman–Crippen LogP) is 4.44. The van der Waals surface area contributed by atoms with Crippen molar-refractivity contribution in [3.05, 3.63) is 64.2 Å². The number of nitrogens with zero attached hydrogens (tertiary/aromatic N) is 2. The number of halogens is 1. The second-order valence-corrected chi connectivity index (χ2v) is 11.2. The van der Waals surface area contributed by atoms with Gasteiger partial charge in [-0.3, -0.25) is 13.9 Å². The van der Waals surface area contributed by atoms with Crippen LogP contribution in [0.5, 0.6) is 0 Å². The summed E-state index contributed by atoms with van der Waals surface area (Å²) in [6, 6.07) is 11.7. The molecule has 0 saturated carbocycles. The maximum Gasteiger partial charge on any atom is 0.244 e. The molecule has 0 unspecified atom stereocenters. The molecule has 0 radical (unpaired) electrons. The highest BCUT2D eigenvalue weighted by Gasteiger charge is 2.32. The Kier molecular flexibility index (Phi) is 10.2. The largest absolute Gasteiger partial charge is 0.352 e. The van der Waals surface area contributed by atoms with Gasteiger partial charge in [0.05, 0.1) is 11.9 Å². The molecule has 2 aromatic carbocycles. The first-order chi connectivity index (χ1) is 16.4. The van der Waals surface area contributed by atoms with E-state index in [-0.39, 0.29) is 18.5 Å². The average Bonchev–Trinajstić information content (AvgIpc) is 2.79. The molecule has 0 saturated heterocycles. The van der Waals surface area contributed by atoms with E-state index < -0.39 is 28.5 Å². The van der Waals surface area contributed by atoms with Gasteiger partial charge in [-0.2, -0.15) is 0 Å². The first-order valence-electron chi connectivity index (χ1n) is 11.8. The van der Waals surface area contributed by atoms with Crippen molar-refractivity contribution in [2.24, 2.45) is 0 Å². The summed E-state index contributed by atoms with van der Waals surface area (Å²) in [7, 11) is -3.81. The molecule has 0 aliphatic rings. The summed E-state index contributed by atoms with van der Waals surface area (Å²) in [6.45, 7) is 9.21. The van der Waals surface area contributed by atoms with Crippen LogP contribution in [0.4, 0.5) is 5.69 Å². The zero-order chi connectivity index (χ0) is 26.3. The van der Waals surface area contributed by atoms with Gasteiger partial charge < -0.3 is 10.2 Å². The number of carbonyl (C=O) groups is 2. The molecule has 2 atom stereocenters. The van der Waals surface area contributed by atoms with E-state index >= 15 is 0 Å². The van der Waals surface area contributed by atoms with E-state index in [0.717, 1.165) is 33.7 Å². The van der Waals surface area contributed by atoms with E-state index in [1.807, 2.05) is 58.9 Å². The standard InChI is InChI=1S/C26H36ClN3O4S/c1-7-20(5)28-26(32)24(8-2)29(16-21-12-10-9-11-18(21)3)25(31)17-30(35(6,33)34)22-14-13-19(4)23(27)15-22/h9-15,20,24H,7-8,16-17H2,1-6H3,(H,28,32)/t20-,24+/m1/s1. The fraction of sp³-hybridized carbons (Fsp3) is 0.462. The van der Waals surface area contributed by atoms with Gasteiger partial charge in [-0.25, -0.2) is 8.42 Å². The molecule has 0 aliphatic heterocycles. The predicted molar refractivity (Wildman–Crippen MR) is 142 cm³/mol. The minimum absolute atomic E-state index is 0.0471. The molecule has 1 N–H and O–H groups in total. The van der Waals surface area contributed by atoms with Gasteiger partial charge in [0.1, 0.15) is 12.6 Å². The number of hydrogen-bond donors (Lipinski definition) is 1. The van der Waals surface area contributed by atoms with Gasteiger partial charge in [0.2, 0.25) is 21.8 Å². The molecule has 0 aromatic heterocycles. The van der Waals surface area contributed by atoms with Crippen LogP contribution in [-0.2, 0) is 26.2 Å². The van der Waals surface area contributed by atoms with Crippen molar-refractivity contribution < 1.29 is 18.0 Å². The van der Waals surface area contributed by atoms with Crippen LogP contribution in [0.15, 0.2) is 42.5 Å². The number of benzene rings is 2. The van der Waals surface area contributed by atoms with Crippen molar-refractivity contribution in [2.45, 2.75) is 66.1 Å². The molecule has 0 spiro atoms. The number of anilines is 1. The van der Waals surface area contributed by atoms with Crippen LogP contribution < -0.4 is 9.62 Å². The Hall–Kier alpha value is -2.58. The third-order valence-electron chi connectivity index (χ3n) is 6.11. The number of aryl methyl sites for hydroxylation is 2. The second-order valence-electron chi connectivity index (χ2n) is 8.89. The number of amides is 2. The van der Waals surface area contributed by atoms with Crippen molar-refractivity contribution in [3.8, 4) is 0 Å². The first-order valence-corrected chi connectivity index (χ1v) is 14.0. The maximum absolute atomic E-state index is 13.7. The molecule has 2 aromatic rings. The van der Waals surface area contributed by atoms with Crippen LogP contribution in [0.1, 0.15) is 50.3 Å². The van der Waals surface area contributed by atoms with Crippen LogP contribution in [0.25, 0.3) is 0 Å². The van der Waals surface area contributed by atoms with Crippen molar-refractivity contribution in [1.29, 1.82) is 0 Å². The highest BCUT2D eigenvalue weighted by molar-refractivity contribution is 7.92. The summed E-state index contributed by atoms with van der Waals surface area (Å²) < 4.78 is 26.4. The molecule has 192 valence electrons. The normalized spacial score (nSPS) is 13.1. The van der Waals surface area contributed by atoms with Crippen molar-refractivity contribution in [3.63, 3.8) is 0 Å². The maximum atomic E-state index is 13.7. The Morgan fingerprint density at radius 1 is 1.03 bits per heavy atom. The molecule has 0 aliphatic carbocycles. The first kappa shape index (κ1) is 28.7. The molecule has 9 heteroatoms. The molecule has 2 rings (SSSR count). The van der Waals surface area contributed by atoms with Crippen molar-refractivity contribution >= 4 is 39.1 Å². The van der Waals surface area contributed by atoms with Gasteiger partial charge in [0.25, 0.3) is 0 Å². The zero-order valence-corrected chi connectivity index (χ0v) is 22.9. The zero-order valence-electron chi connectivity index (χ0n) is 21.3. The number of sulfonamides is 1. The van der Waals surface area contributed by atoms with Crippen LogP contribution in [0.3, 0.4) is 0 Å². The molecule has 2 amide bonds. The number of nitrogens with one attached hydrogen (secondary N) is 1. The Morgan fingerprint density at radius 3 is 2.23 bits per heavy atom. The summed E-state index contributed by atoms with van der Waals surface area (Å²) in [5.41, 5.74) is 2.96. The third-order valence-corrected chi connectivity index (χ3v) is 7.66. The lowest BCUT2D eigenvalue weighted by Gasteiger charge is -2.33. The fourth-order valence-corrected chi connectivity index (χ4v) is 4.70. The average molecular weight is 522 g/mol. The van der Waals surface area contributed by atoms with E-state index in [2.05, 4.69) is 5.32 Å². The smallest absolute Gasteiger partial charge is 0.244 e. The highest BCUT2D eigenvalue weighted by atomic mass is 35.5. The third kappa shape index (κ3) is 7.70. The lowest BCUT2D eigenvalue weighted by molar-refractivity contribution is -0.140. The van der Waals surface area contributed by atoms with E-state index in [1.165, 1.54) is 11.0 Å². The molecule has 0 heterocycles. The molecule has 0 fully saturated rings. The number of hydrogen-bond acceptors (Lipinski definition) is 4. The van der Waals surface area contributed by atoms with Crippen LogP contribution in [-0.4, -0.2) is 50.0 Å². The lowest BCUT2D eigenvalue weighted by atomic mass is 10.1. The van der Waals surface area contributed by atoms with Crippen LogP contribution in [0.2, 0.25) is 5.02 Å². The van der Waals surface area contributed by atoms with E-state index in [1.54, 1.807) is 12.1 Å². The number of carbonyl (C=O) groups excluding carboxylic acids is 2. The molecular formula is C26H36ClN3O4S. The second kappa shape index (κ2) is 12.4. The van der Waals surface area contributed by atoms with Crippen molar-refractivity contribution in [2.75, 3.05) is 17.1 Å². The van der Waals surface area contributed by atoms with Gasteiger partial charge >= 0.3 is 0 Å². The number of rotatable bonds is 11. The van der Waals surface area contributed by atoms with Gasteiger partial charge in [0.15, 0.2) is 0 Å². The quantitative estimate of drug-likeness (QED) is 0.473. The summed E-state index contributed by atoms with van der Waals surface area (Å²) in [4.78, 5) is 28.3. The summed E-state index contributed by atoms with van der Waals surface area (Å²) >= 11 is 6.24. The molecule has 0 bridgehead atoms. The van der Waals surface area contributed by atoms with Gasteiger partial charge in [-0.05, 0) is 62.4 Å². The minimum atomic E-state index is -3.81. The molecular weight excluding hydrogens is 486 g/mol.